The Kier molecular flexibility index (Phi) is 3.61. The number of halogens is 2. The first-order chi connectivity index (χ1) is 12.0. The van der Waals surface area contributed by atoms with Crippen LogP contribution in [0.15, 0.2) is 46.0 Å². The number of fused-ring (bicyclic) bond motifs is 1. The highest BCUT2D eigenvalue weighted by Crippen LogP contribution is 2.34. The van der Waals surface area contributed by atoms with Gasteiger partial charge in [0.2, 0.25) is 0 Å². The number of imide groups is 1. The lowest BCUT2D eigenvalue weighted by molar-refractivity contribution is -0.115. The summed E-state index contributed by atoms with van der Waals surface area (Å²) in [6, 6.07) is 5.14. The van der Waals surface area contributed by atoms with Crippen molar-refractivity contribution in [1.29, 1.82) is 0 Å². The Bertz CT molecular complexity index is 1050. The van der Waals surface area contributed by atoms with Crippen molar-refractivity contribution in [3.8, 4) is 11.1 Å². The quantitative estimate of drug-likeness (QED) is 0.699. The van der Waals surface area contributed by atoms with Crippen molar-refractivity contribution >= 4 is 40.0 Å². The Morgan fingerprint density at radius 3 is 2.60 bits per heavy atom. The lowest BCUT2D eigenvalue weighted by Crippen LogP contribution is -2.17. The number of rotatable bonds is 2. The maximum Gasteiger partial charge on any atom is 0.290 e. The molecule has 0 spiro atoms. The first kappa shape index (κ1) is 15.5. The van der Waals surface area contributed by atoms with Crippen molar-refractivity contribution in [3.05, 3.63) is 59.0 Å². The van der Waals surface area contributed by atoms with Crippen molar-refractivity contribution in [2.45, 2.75) is 0 Å². The molecule has 3 aromatic rings. The summed E-state index contributed by atoms with van der Waals surface area (Å²) in [5.41, 5.74) is 0.162. The van der Waals surface area contributed by atoms with E-state index < -0.39 is 22.8 Å². The Morgan fingerprint density at radius 2 is 1.92 bits per heavy atom. The van der Waals surface area contributed by atoms with E-state index in [0.717, 1.165) is 23.9 Å². The monoisotopic (exact) mass is 358 g/mol. The summed E-state index contributed by atoms with van der Waals surface area (Å²) in [6.07, 6.45) is 4.19. The SMILES string of the molecule is O=C1NC(=O)/C(=C/c2cc3cncc(-c4c(F)cccc4F)c3o2)S1. The Balaban J connectivity index is 1.87. The van der Waals surface area contributed by atoms with Crippen LogP contribution in [0.5, 0.6) is 0 Å². The van der Waals surface area contributed by atoms with Crippen molar-refractivity contribution < 1.29 is 22.8 Å². The minimum Gasteiger partial charge on any atom is -0.456 e. The van der Waals surface area contributed by atoms with Gasteiger partial charge in [0.15, 0.2) is 0 Å². The second-order valence-corrected chi connectivity index (χ2v) is 6.22. The molecule has 1 fully saturated rings. The molecule has 1 saturated heterocycles. The van der Waals surface area contributed by atoms with Gasteiger partial charge in [-0.15, -0.1) is 0 Å². The predicted octanol–water partition coefficient (Wildman–Crippen LogP) is 4.10. The fourth-order valence-corrected chi connectivity index (χ4v) is 3.20. The summed E-state index contributed by atoms with van der Waals surface area (Å²) in [6.45, 7) is 0. The number of carbonyl (C=O) groups excluding carboxylic acids is 2. The zero-order valence-corrected chi connectivity index (χ0v) is 13.2. The molecule has 1 aliphatic rings. The lowest BCUT2D eigenvalue weighted by atomic mass is 10.1. The van der Waals surface area contributed by atoms with Crippen LogP contribution in [0.4, 0.5) is 13.6 Å². The molecule has 25 heavy (non-hydrogen) atoms. The van der Waals surface area contributed by atoms with Gasteiger partial charge in [-0.1, -0.05) is 6.07 Å². The van der Waals surface area contributed by atoms with Gasteiger partial charge in [-0.3, -0.25) is 19.9 Å². The number of pyridine rings is 1. The third kappa shape index (κ3) is 2.70. The van der Waals surface area contributed by atoms with Gasteiger partial charge in [0.1, 0.15) is 23.0 Å². The highest BCUT2D eigenvalue weighted by atomic mass is 32.2. The molecule has 1 N–H and O–H groups in total. The Morgan fingerprint density at radius 1 is 1.16 bits per heavy atom. The van der Waals surface area contributed by atoms with Gasteiger partial charge in [-0.2, -0.15) is 0 Å². The number of hydrogen-bond acceptors (Lipinski definition) is 5. The standard InChI is InChI=1S/C17H8F2N2O3S/c18-11-2-1-3-12(19)14(11)10-7-20-6-8-4-9(24-15(8)10)5-13-16(22)21-17(23)25-13/h1-7H,(H,21,22,23)/b13-5-. The highest BCUT2D eigenvalue weighted by molar-refractivity contribution is 8.18. The number of furan rings is 1. The zero-order chi connectivity index (χ0) is 17.6. The van der Waals surface area contributed by atoms with Crippen LogP contribution in [0.25, 0.3) is 28.2 Å². The number of nitrogens with zero attached hydrogens (tertiary/aromatic N) is 1. The van der Waals surface area contributed by atoms with Crippen molar-refractivity contribution in [1.82, 2.24) is 10.3 Å². The third-order valence-electron chi connectivity index (χ3n) is 3.59. The molecule has 0 atom stereocenters. The highest BCUT2D eigenvalue weighted by Gasteiger charge is 2.26. The molecule has 0 saturated carbocycles. The number of carbonyl (C=O) groups is 2. The number of hydrogen-bond donors (Lipinski definition) is 1. The molecule has 2 aromatic heterocycles. The molecule has 4 rings (SSSR count). The van der Waals surface area contributed by atoms with E-state index >= 15 is 0 Å². The fraction of sp³-hybridized carbons (Fsp3) is 0. The average Bonchev–Trinajstić information content (AvgIpc) is 3.10. The first-order valence-electron chi connectivity index (χ1n) is 7.10. The van der Waals surface area contributed by atoms with Crippen molar-refractivity contribution in [2.75, 3.05) is 0 Å². The first-order valence-corrected chi connectivity index (χ1v) is 7.91. The number of aromatic nitrogens is 1. The number of thioether (sulfide) groups is 1. The number of benzene rings is 1. The molecule has 0 bridgehead atoms. The summed E-state index contributed by atoms with van der Waals surface area (Å²) in [4.78, 5) is 27.0. The van der Waals surface area contributed by atoms with E-state index in [4.69, 9.17) is 4.42 Å². The minimum absolute atomic E-state index is 0.164. The van der Waals surface area contributed by atoms with Gasteiger partial charge in [0.05, 0.1) is 10.5 Å². The van der Waals surface area contributed by atoms with Gasteiger partial charge >= 0.3 is 0 Å². The van der Waals surface area contributed by atoms with E-state index in [1.807, 2.05) is 0 Å². The maximum absolute atomic E-state index is 14.1. The summed E-state index contributed by atoms with van der Waals surface area (Å²) in [7, 11) is 0. The Labute approximate surface area is 143 Å². The third-order valence-corrected chi connectivity index (χ3v) is 4.40. The van der Waals surface area contributed by atoms with Crippen LogP contribution in [0, 0.1) is 11.6 Å². The summed E-state index contributed by atoms with van der Waals surface area (Å²) >= 11 is 0.750. The van der Waals surface area contributed by atoms with Gasteiger partial charge in [-0.25, -0.2) is 8.78 Å². The van der Waals surface area contributed by atoms with Crippen LogP contribution in [0.2, 0.25) is 0 Å². The van der Waals surface area contributed by atoms with Crippen molar-refractivity contribution in [2.24, 2.45) is 0 Å². The maximum atomic E-state index is 14.1. The van der Waals surface area contributed by atoms with E-state index in [0.29, 0.717) is 5.39 Å². The van der Waals surface area contributed by atoms with Gasteiger partial charge in [0, 0.05) is 29.4 Å². The zero-order valence-electron chi connectivity index (χ0n) is 12.4. The number of nitrogens with one attached hydrogen (secondary N) is 1. The molecule has 0 aliphatic carbocycles. The molecule has 3 heterocycles. The van der Waals surface area contributed by atoms with E-state index in [2.05, 4.69) is 10.3 Å². The van der Waals surface area contributed by atoms with Crippen LogP contribution in [0.1, 0.15) is 5.76 Å². The van der Waals surface area contributed by atoms with E-state index in [1.165, 1.54) is 24.5 Å². The molecule has 2 amide bonds. The summed E-state index contributed by atoms with van der Waals surface area (Å²) in [5, 5.41) is 2.18. The smallest absolute Gasteiger partial charge is 0.290 e. The normalized spacial score (nSPS) is 16.0. The molecule has 0 unspecified atom stereocenters. The van der Waals surface area contributed by atoms with E-state index in [9.17, 15) is 18.4 Å². The number of amides is 2. The summed E-state index contributed by atoms with van der Waals surface area (Å²) < 4.78 is 33.8. The van der Waals surface area contributed by atoms with E-state index in [1.54, 1.807) is 6.07 Å². The largest absolute Gasteiger partial charge is 0.456 e. The Hall–Kier alpha value is -3.00. The molecule has 0 radical (unpaired) electrons. The molecular weight excluding hydrogens is 350 g/mol. The van der Waals surface area contributed by atoms with Crippen LogP contribution in [0.3, 0.4) is 0 Å². The van der Waals surface area contributed by atoms with Crippen molar-refractivity contribution in [3.63, 3.8) is 0 Å². The second-order valence-electron chi connectivity index (χ2n) is 5.20. The van der Waals surface area contributed by atoms with Crippen LogP contribution < -0.4 is 5.32 Å². The van der Waals surface area contributed by atoms with Gasteiger partial charge in [-0.05, 0) is 30.0 Å². The molecular formula is C17H8F2N2O3S. The van der Waals surface area contributed by atoms with Gasteiger partial charge < -0.3 is 4.42 Å². The molecule has 1 aliphatic heterocycles. The van der Waals surface area contributed by atoms with Crippen LogP contribution >= 0.6 is 11.8 Å². The van der Waals surface area contributed by atoms with Crippen LogP contribution in [-0.2, 0) is 4.79 Å². The topological polar surface area (TPSA) is 72.2 Å². The van der Waals surface area contributed by atoms with Crippen LogP contribution in [-0.4, -0.2) is 16.1 Å². The van der Waals surface area contributed by atoms with Gasteiger partial charge in [0.25, 0.3) is 11.1 Å². The lowest BCUT2D eigenvalue weighted by Gasteiger charge is -2.05. The fourth-order valence-electron chi connectivity index (χ4n) is 2.54. The van der Waals surface area contributed by atoms with E-state index in [-0.39, 0.29) is 27.4 Å². The predicted molar refractivity (Wildman–Crippen MR) is 88.5 cm³/mol. The molecule has 8 heteroatoms. The molecule has 124 valence electrons. The second kappa shape index (κ2) is 5.82. The molecule has 5 nitrogen and oxygen atoms in total. The average molecular weight is 358 g/mol. The summed E-state index contributed by atoms with van der Waals surface area (Å²) in [5.74, 6) is -1.72. The minimum atomic E-state index is -0.734. The molecule has 1 aromatic carbocycles.